The second-order valence-electron chi connectivity index (χ2n) is 5.06. The summed E-state index contributed by atoms with van der Waals surface area (Å²) in [6.07, 6.45) is -0.800. The lowest BCUT2D eigenvalue weighted by molar-refractivity contribution is -0.163. The first-order valence-corrected chi connectivity index (χ1v) is 7.85. The highest BCUT2D eigenvalue weighted by atomic mass is 32.1. The summed E-state index contributed by atoms with van der Waals surface area (Å²) >= 11 is 1.10. The van der Waals surface area contributed by atoms with E-state index in [0.717, 1.165) is 16.2 Å². The molecule has 0 bridgehead atoms. The Bertz CT molecular complexity index is 760. The number of nitrogens with zero attached hydrogens (tertiary/aromatic N) is 3. The number of carboxylic acids is 1. The van der Waals surface area contributed by atoms with E-state index in [1.54, 1.807) is 0 Å². The molecule has 1 aromatic heterocycles. The fraction of sp³-hybridized carbons (Fsp3) is 0.385. The number of oxime groups is 1. The third-order valence-corrected chi connectivity index (χ3v) is 4.09. The molecule has 1 saturated heterocycles. The van der Waals surface area contributed by atoms with E-state index in [1.165, 1.54) is 19.4 Å². The molecule has 0 unspecified atom stereocenters. The Morgan fingerprint density at radius 2 is 2.20 bits per heavy atom. The molecule has 11 nitrogen and oxygen atoms in total. The van der Waals surface area contributed by atoms with Gasteiger partial charge in [-0.3, -0.25) is 24.1 Å². The summed E-state index contributed by atoms with van der Waals surface area (Å²) < 4.78 is 0. The molecule has 3 amide bonds. The summed E-state index contributed by atoms with van der Waals surface area (Å²) in [6, 6.07) is -1.67. The fourth-order valence-corrected chi connectivity index (χ4v) is 2.82. The van der Waals surface area contributed by atoms with Crippen LogP contribution >= 0.6 is 11.3 Å². The Labute approximate surface area is 145 Å². The van der Waals surface area contributed by atoms with Crippen molar-refractivity contribution >= 4 is 45.9 Å². The maximum Gasteiger partial charge on any atom is 0.312 e. The van der Waals surface area contributed by atoms with Gasteiger partial charge in [-0.1, -0.05) is 5.16 Å². The number of nitrogen functional groups attached to an aromatic ring is 1. The smallest absolute Gasteiger partial charge is 0.312 e. The van der Waals surface area contributed by atoms with Gasteiger partial charge >= 0.3 is 5.97 Å². The average molecular weight is 369 g/mol. The number of rotatable bonds is 6. The van der Waals surface area contributed by atoms with E-state index in [4.69, 9.17) is 10.8 Å². The molecular weight excluding hydrogens is 354 g/mol. The van der Waals surface area contributed by atoms with Crippen LogP contribution in [0.1, 0.15) is 19.0 Å². The van der Waals surface area contributed by atoms with Crippen molar-refractivity contribution in [1.29, 1.82) is 0 Å². The van der Waals surface area contributed by atoms with Crippen molar-refractivity contribution in [2.24, 2.45) is 5.16 Å². The van der Waals surface area contributed by atoms with Crippen molar-refractivity contribution in [3.63, 3.8) is 0 Å². The molecule has 0 aliphatic carbocycles. The van der Waals surface area contributed by atoms with Gasteiger partial charge in [-0.05, 0) is 6.92 Å². The Morgan fingerprint density at radius 3 is 2.68 bits per heavy atom. The standard InChI is InChI=1S/C13H15N5O6S/c1-5-9(12(23)18(5)7(19)3-8(20)21)16-11(22)10(17-24-2)6-4-25-13(14)15-6/h4-5,9H,3H2,1-2H3,(H2,14,15)(H,16,22)(H,20,21)/t5-,9-/m0/s1. The van der Waals surface area contributed by atoms with Crippen molar-refractivity contribution in [3.05, 3.63) is 11.1 Å². The molecule has 0 spiro atoms. The highest BCUT2D eigenvalue weighted by Gasteiger charge is 2.49. The molecule has 1 aromatic rings. The van der Waals surface area contributed by atoms with Crippen molar-refractivity contribution < 1.29 is 29.1 Å². The minimum atomic E-state index is -1.34. The summed E-state index contributed by atoms with van der Waals surface area (Å²) in [4.78, 5) is 56.0. The van der Waals surface area contributed by atoms with Gasteiger partial charge in [0.2, 0.25) is 5.91 Å². The number of thiazole rings is 1. The summed E-state index contributed by atoms with van der Waals surface area (Å²) in [5, 5.41) is 16.4. The van der Waals surface area contributed by atoms with Crippen molar-refractivity contribution in [3.8, 4) is 0 Å². The number of nitrogens with one attached hydrogen (secondary N) is 1. The Balaban J connectivity index is 2.08. The predicted octanol–water partition coefficient (Wildman–Crippen LogP) is -1.21. The number of β-lactam (4-membered cyclic amide) rings is 1. The Kier molecular flexibility index (Phi) is 5.32. The van der Waals surface area contributed by atoms with Gasteiger partial charge in [0.15, 0.2) is 10.8 Å². The van der Waals surface area contributed by atoms with Crippen LogP contribution in [-0.2, 0) is 24.0 Å². The molecule has 4 N–H and O–H groups in total. The molecule has 25 heavy (non-hydrogen) atoms. The average Bonchev–Trinajstić information content (AvgIpc) is 2.95. The highest BCUT2D eigenvalue weighted by molar-refractivity contribution is 7.13. The summed E-state index contributed by atoms with van der Waals surface area (Å²) in [7, 11) is 1.24. The van der Waals surface area contributed by atoms with Crippen molar-refractivity contribution in [2.45, 2.75) is 25.4 Å². The molecule has 1 aliphatic rings. The molecule has 134 valence electrons. The van der Waals surface area contributed by atoms with E-state index in [0.29, 0.717) is 0 Å². The van der Waals surface area contributed by atoms with Crippen LogP contribution in [0.5, 0.6) is 0 Å². The fourth-order valence-electron chi connectivity index (χ4n) is 2.27. The van der Waals surface area contributed by atoms with Crippen LogP contribution in [-0.4, -0.2) is 63.6 Å². The lowest BCUT2D eigenvalue weighted by Gasteiger charge is -2.43. The number of likely N-dealkylation sites (tertiary alicyclic amines) is 1. The second kappa shape index (κ2) is 7.25. The number of nitrogens with two attached hydrogens (primary N) is 1. The number of carboxylic acid groups (broad SMARTS) is 1. The lowest BCUT2D eigenvalue weighted by atomic mass is 9.95. The zero-order valence-electron chi connectivity index (χ0n) is 13.3. The molecular formula is C13H15N5O6S. The first kappa shape index (κ1) is 18.3. The highest BCUT2D eigenvalue weighted by Crippen LogP contribution is 2.21. The quantitative estimate of drug-likeness (QED) is 0.243. The molecule has 12 heteroatoms. The maximum absolute atomic E-state index is 12.3. The first-order chi connectivity index (χ1) is 11.8. The molecule has 2 rings (SSSR count). The number of hydrogen-bond acceptors (Lipinski definition) is 9. The van der Waals surface area contributed by atoms with Gasteiger partial charge in [0.1, 0.15) is 25.3 Å². The molecule has 2 atom stereocenters. The van der Waals surface area contributed by atoms with Crippen LogP contribution in [0.4, 0.5) is 5.13 Å². The zero-order valence-corrected chi connectivity index (χ0v) is 14.1. The van der Waals surface area contributed by atoms with Crippen molar-refractivity contribution in [1.82, 2.24) is 15.2 Å². The van der Waals surface area contributed by atoms with Gasteiger partial charge in [-0.15, -0.1) is 11.3 Å². The third-order valence-electron chi connectivity index (χ3n) is 3.41. The van der Waals surface area contributed by atoms with E-state index in [2.05, 4.69) is 20.3 Å². The van der Waals surface area contributed by atoms with Crippen LogP contribution in [0, 0.1) is 0 Å². The van der Waals surface area contributed by atoms with E-state index in [-0.39, 0.29) is 16.5 Å². The monoisotopic (exact) mass is 369 g/mol. The van der Waals surface area contributed by atoms with Gasteiger partial charge in [0.25, 0.3) is 11.8 Å². The van der Waals surface area contributed by atoms with Crippen LogP contribution < -0.4 is 11.1 Å². The minimum Gasteiger partial charge on any atom is -0.481 e. The molecule has 0 radical (unpaired) electrons. The number of imide groups is 1. The van der Waals surface area contributed by atoms with Gasteiger partial charge in [0, 0.05) is 5.38 Å². The Hall–Kier alpha value is -3.02. The summed E-state index contributed by atoms with van der Waals surface area (Å²) in [6.45, 7) is 1.51. The van der Waals surface area contributed by atoms with Crippen LogP contribution in [0.25, 0.3) is 0 Å². The molecule has 0 aromatic carbocycles. The number of hydrogen-bond donors (Lipinski definition) is 3. The largest absolute Gasteiger partial charge is 0.481 e. The number of amides is 3. The Morgan fingerprint density at radius 1 is 1.52 bits per heavy atom. The normalized spacial score (nSPS) is 20.0. The van der Waals surface area contributed by atoms with Gasteiger partial charge in [-0.2, -0.15) is 0 Å². The van der Waals surface area contributed by atoms with Gasteiger partial charge in [-0.25, -0.2) is 4.98 Å². The topological polar surface area (TPSA) is 164 Å². The second-order valence-corrected chi connectivity index (χ2v) is 5.95. The molecule has 0 saturated carbocycles. The van der Waals surface area contributed by atoms with Crippen molar-refractivity contribution in [2.75, 3.05) is 12.8 Å². The lowest BCUT2D eigenvalue weighted by Crippen LogP contribution is -2.71. The van der Waals surface area contributed by atoms with Crippen LogP contribution in [0.15, 0.2) is 10.5 Å². The van der Waals surface area contributed by atoms with E-state index in [1.807, 2.05) is 0 Å². The third kappa shape index (κ3) is 3.74. The number of anilines is 1. The SMILES string of the molecule is CON=C(C(=O)N[C@@H]1C(=O)N(C(=O)CC(=O)O)[C@H]1C)c1csc(N)n1. The number of carbonyl (C=O) groups is 4. The van der Waals surface area contributed by atoms with E-state index < -0.39 is 42.2 Å². The number of aromatic nitrogens is 1. The number of carbonyl (C=O) groups excluding carboxylic acids is 3. The summed E-state index contributed by atoms with van der Waals surface area (Å²) in [5.74, 6) is -3.61. The molecule has 1 fully saturated rings. The number of aliphatic carboxylic acids is 1. The first-order valence-electron chi connectivity index (χ1n) is 6.97. The predicted molar refractivity (Wildman–Crippen MR) is 85.6 cm³/mol. The minimum absolute atomic E-state index is 0.175. The van der Waals surface area contributed by atoms with Gasteiger partial charge < -0.3 is 21.0 Å². The zero-order chi connectivity index (χ0) is 18.7. The maximum atomic E-state index is 12.3. The van der Waals surface area contributed by atoms with Crippen LogP contribution in [0.3, 0.4) is 0 Å². The molecule has 2 heterocycles. The summed E-state index contributed by atoms with van der Waals surface area (Å²) in [5.41, 5.74) is 5.53. The van der Waals surface area contributed by atoms with E-state index in [9.17, 15) is 19.2 Å². The van der Waals surface area contributed by atoms with Gasteiger partial charge in [0.05, 0.1) is 6.04 Å². The van der Waals surface area contributed by atoms with Crippen LogP contribution in [0.2, 0.25) is 0 Å². The van der Waals surface area contributed by atoms with E-state index >= 15 is 0 Å². The molecule has 1 aliphatic heterocycles.